The second kappa shape index (κ2) is 7.49. The lowest BCUT2D eigenvalue weighted by Gasteiger charge is -2.21. The van der Waals surface area contributed by atoms with Crippen LogP contribution in [0.15, 0.2) is 24.3 Å². The minimum atomic E-state index is -0.251. The molecule has 0 spiro atoms. The second-order valence-corrected chi connectivity index (χ2v) is 6.89. The third-order valence-electron chi connectivity index (χ3n) is 4.26. The van der Waals surface area contributed by atoms with Crippen LogP contribution >= 0.6 is 0 Å². The summed E-state index contributed by atoms with van der Waals surface area (Å²) in [5.41, 5.74) is 2.00. The first-order valence-electron chi connectivity index (χ1n) is 8.20. The predicted molar refractivity (Wildman–Crippen MR) is 93.8 cm³/mol. The average molecular weight is 304 g/mol. The summed E-state index contributed by atoms with van der Waals surface area (Å²) < 4.78 is 11.9. The lowest BCUT2D eigenvalue weighted by atomic mass is 9.79. The molecule has 1 heterocycles. The summed E-state index contributed by atoms with van der Waals surface area (Å²) in [5.74, 6) is 0. The zero-order valence-corrected chi connectivity index (χ0v) is 14.6. The fraction of sp³-hybridized carbons (Fsp3) is 0.647. The van der Waals surface area contributed by atoms with Gasteiger partial charge in [-0.25, -0.2) is 0 Å². The number of hydrogen-bond donors (Lipinski definition) is 1. The van der Waals surface area contributed by atoms with Gasteiger partial charge < -0.3 is 19.5 Å². The Labute approximate surface area is 135 Å². The molecule has 0 bridgehead atoms. The molecule has 1 aromatic carbocycles. The quantitative estimate of drug-likeness (QED) is 0.619. The Kier molecular flexibility index (Phi) is 5.90. The summed E-state index contributed by atoms with van der Waals surface area (Å²) in [6.45, 7) is 8.35. The molecule has 1 saturated heterocycles. The molecule has 122 valence electrons. The Morgan fingerprint density at radius 2 is 1.86 bits per heavy atom. The third-order valence-corrected chi connectivity index (χ3v) is 4.26. The molecule has 22 heavy (non-hydrogen) atoms. The largest absolute Gasteiger partial charge is 0.494 e. The van der Waals surface area contributed by atoms with Crippen molar-refractivity contribution in [3.8, 4) is 0 Å². The molecular weight excluding hydrogens is 275 g/mol. The lowest BCUT2D eigenvalue weighted by molar-refractivity contribution is 0.0842. The van der Waals surface area contributed by atoms with E-state index in [0.717, 1.165) is 24.2 Å². The minimum absolute atomic E-state index is 0.104. The molecule has 1 aliphatic rings. The van der Waals surface area contributed by atoms with E-state index in [1.807, 2.05) is 0 Å². The maximum atomic E-state index is 5.98. The van der Waals surface area contributed by atoms with Crippen molar-refractivity contribution in [3.63, 3.8) is 0 Å². The molecule has 1 atom stereocenters. The number of hydrogen-bond acceptors (Lipinski definition) is 4. The molecule has 0 radical (unpaired) electrons. The van der Waals surface area contributed by atoms with Gasteiger partial charge in [0.15, 0.2) is 0 Å². The van der Waals surface area contributed by atoms with Gasteiger partial charge in [-0.1, -0.05) is 12.1 Å². The van der Waals surface area contributed by atoms with Gasteiger partial charge in [-0.05, 0) is 71.8 Å². The number of nitrogens with one attached hydrogen (secondary N) is 1. The first-order chi connectivity index (χ1) is 10.4. The maximum absolute atomic E-state index is 5.98. The van der Waals surface area contributed by atoms with Crippen LogP contribution in [0.2, 0.25) is 0 Å². The fourth-order valence-corrected chi connectivity index (χ4v) is 2.44. The van der Waals surface area contributed by atoms with E-state index < -0.39 is 0 Å². The van der Waals surface area contributed by atoms with E-state index in [1.54, 1.807) is 0 Å². The molecule has 4 nitrogen and oxygen atoms in total. The van der Waals surface area contributed by atoms with Crippen molar-refractivity contribution in [1.82, 2.24) is 4.90 Å². The van der Waals surface area contributed by atoms with E-state index >= 15 is 0 Å². The second-order valence-electron chi connectivity index (χ2n) is 6.89. The van der Waals surface area contributed by atoms with Crippen LogP contribution in [0, 0.1) is 0 Å². The average Bonchev–Trinajstić information content (AvgIpc) is 2.73. The van der Waals surface area contributed by atoms with Gasteiger partial charge in [-0.15, -0.1) is 0 Å². The van der Waals surface area contributed by atoms with Gasteiger partial charge >= 0.3 is 7.12 Å². The number of anilines is 1. The highest BCUT2D eigenvalue weighted by atomic mass is 16.7. The van der Waals surface area contributed by atoms with E-state index in [4.69, 9.17) is 9.31 Å². The summed E-state index contributed by atoms with van der Waals surface area (Å²) in [5, 5.41) is 3.46. The smallest absolute Gasteiger partial charge is 0.402 e. The molecule has 1 fully saturated rings. The van der Waals surface area contributed by atoms with Crippen LogP contribution in [-0.4, -0.2) is 50.9 Å². The first-order valence-corrected chi connectivity index (χ1v) is 8.20. The number of benzene rings is 1. The molecule has 0 saturated carbocycles. The molecule has 1 aliphatic heterocycles. The van der Waals surface area contributed by atoms with E-state index in [0.29, 0.717) is 0 Å². The van der Waals surface area contributed by atoms with Crippen LogP contribution < -0.4 is 10.8 Å². The van der Waals surface area contributed by atoms with Gasteiger partial charge in [-0.2, -0.15) is 0 Å². The number of rotatable bonds is 7. The summed E-state index contributed by atoms with van der Waals surface area (Å²) in [6, 6.07) is 8.37. The highest BCUT2D eigenvalue weighted by molar-refractivity contribution is 6.62. The molecule has 5 heteroatoms. The van der Waals surface area contributed by atoms with Gasteiger partial charge in [0.05, 0.1) is 11.7 Å². The predicted octanol–water partition coefficient (Wildman–Crippen LogP) is 2.35. The standard InChI is InChI=1S/C17H29BN2O2/c1-14-17(2,3)22-18(21-14)15-8-10-16(11-9-15)19-12-6-7-13-20(4)5/h8-11,14,19H,6-7,12-13H2,1-5H3. The van der Waals surface area contributed by atoms with E-state index in [-0.39, 0.29) is 18.8 Å². The van der Waals surface area contributed by atoms with Crippen LogP contribution in [0.25, 0.3) is 0 Å². The number of unbranched alkanes of at least 4 members (excludes halogenated alkanes) is 1. The summed E-state index contributed by atoms with van der Waals surface area (Å²) in [6.07, 6.45) is 2.50. The first kappa shape index (κ1) is 17.3. The Morgan fingerprint density at radius 3 is 2.41 bits per heavy atom. The van der Waals surface area contributed by atoms with Gasteiger partial charge in [0, 0.05) is 12.2 Å². The minimum Gasteiger partial charge on any atom is -0.402 e. The lowest BCUT2D eigenvalue weighted by Crippen LogP contribution is -2.34. The van der Waals surface area contributed by atoms with E-state index in [2.05, 4.69) is 69.3 Å². The highest BCUT2D eigenvalue weighted by Crippen LogP contribution is 2.26. The van der Waals surface area contributed by atoms with Crippen molar-refractivity contribution in [2.24, 2.45) is 0 Å². The molecule has 0 aliphatic carbocycles. The molecule has 1 unspecified atom stereocenters. The molecule has 2 rings (SSSR count). The van der Waals surface area contributed by atoms with Gasteiger partial charge in [0.25, 0.3) is 0 Å². The monoisotopic (exact) mass is 304 g/mol. The summed E-state index contributed by atoms with van der Waals surface area (Å²) >= 11 is 0. The zero-order chi connectivity index (χ0) is 16.2. The molecule has 0 amide bonds. The zero-order valence-electron chi connectivity index (χ0n) is 14.6. The fourth-order valence-electron chi connectivity index (χ4n) is 2.44. The molecule has 1 N–H and O–H groups in total. The van der Waals surface area contributed by atoms with E-state index in [1.165, 1.54) is 12.8 Å². The normalized spacial score (nSPS) is 20.6. The van der Waals surface area contributed by atoms with Gasteiger partial charge in [0.2, 0.25) is 0 Å². The van der Waals surface area contributed by atoms with Crippen molar-refractivity contribution in [2.75, 3.05) is 32.5 Å². The van der Waals surface area contributed by atoms with Crippen LogP contribution in [0.4, 0.5) is 5.69 Å². The third kappa shape index (κ3) is 4.73. The highest BCUT2D eigenvalue weighted by Gasteiger charge is 2.43. The molecule has 0 aromatic heterocycles. The van der Waals surface area contributed by atoms with Crippen molar-refractivity contribution in [3.05, 3.63) is 24.3 Å². The van der Waals surface area contributed by atoms with Crippen LogP contribution in [-0.2, 0) is 9.31 Å². The van der Waals surface area contributed by atoms with Gasteiger partial charge in [-0.3, -0.25) is 0 Å². The Bertz CT molecular complexity index is 462. The van der Waals surface area contributed by atoms with Gasteiger partial charge in [0.1, 0.15) is 0 Å². The molecule has 1 aromatic rings. The van der Waals surface area contributed by atoms with Crippen LogP contribution in [0.3, 0.4) is 0 Å². The Morgan fingerprint density at radius 1 is 1.18 bits per heavy atom. The van der Waals surface area contributed by atoms with Crippen molar-refractivity contribution in [2.45, 2.75) is 45.3 Å². The maximum Gasteiger partial charge on any atom is 0.494 e. The van der Waals surface area contributed by atoms with E-state index in [9.17, 15) is 0 Å². The molecular formula is C17H29BN2O2. The summed E-state index contributed by atoms with van der Waals surface area (Å²) in [4.78, 5) is 2.22. The van der Waals surface area contributed by atoms with Crippen molar-refractivity contribution < 1.29 is 9.31 Å². The summed E-state index contributed by atoms with van der Waals surface area (Å²) in [7, 11) is 3.97. The van der Waals surface area contributed by atoms with Crippen molar-refractivity contribution in [1.29, 1.82) is 0 Å². The topological polar surface area (TPSA) is 33.7 Å². The Balaban J connectivity index is 1.79. The Hall–Kier alpha value is -1.04. The number of nitrogens with zero attached hydrogens (tertiary/aromatic N) is 1. The van der Waals surface area contributed by atoms with Crippen LogP contribution in [0.1, 0.15) is 33.6 Å². The van der Waals surface area contributed by atoms with Crippen molar-refractivity contribution >= 4 is 18.3 Å². The SMILES string of the molecule is CC1OB(c2ccc(NCCCCN(C)C)cc2)OC1(C)C. The van der Waals surface area contributed by atoms with Crippen LogP contribution in [0.5, 0.6) is 0 Å².